The van der Waals surface area contributed by atoms with E-state index in [0.717, 1.165) is 0 Å². The molecule has 0 aliphatic rings. The van der Waals surface area contributed by atoms with Crippen molar-refractivity contribution in [1.82, 2.24) is 10.2 Å². The normalized spacial score (nSPS) is 10.5. The number of benzene rings is 1. The summed E-state index contributed by atoms with van der Waals surface area (Å²) in [7, 11) is 0. The molecule has 2 aromatic rings. The van der Waals surface area contributed by atoms with Gasteiger partial charge in [0.2, 0.25) is 5.89 Å². The highest BCUT2D eigenvalue weighted by molar-refractivity contribution is 9.10. The second kappa shape index (κ2) is 3.78. The molecule has 0 saturated carbocycles. The van der Waals surface area contributed by atoms with Crippen LogP contribution in [0.25, 0.3) is 11.5 Å². The van der Waals surface area contributed by atoms with E-state index in [1.165, 1.54) is 6.07 Å². The van der Waals surface area contributed by atoms with Crippen LogP contribution in [0.1, 0.15) is 0 Å². The van der Waals surface area contributed by atoms with Gasteiger partial charge in [-0.3, -0.25) is 0 Å². The molecule has 0 radical (unpaired) electrons. The fourth-order valence-corrected chi connectivity index (χ4v) is 1.65. The molecule has 0 atom stereocenters. The van der Waals surface area contributed by atoms with E-state index in [1.807, 2.05) is 0 Å². The Labute approximate surface area is 95.6 Å². The average molecular weight is 322 g/mol. The average Bonchev–Trinajstić information content (AvgIpc) is 2.57. The molecule has 0 unspecified atom stereocenters. The lowest BCUT2D eigenvalue weighted by atomic mass is 10.2. The Bertz CT molecular complexity index is 472. The third kappa shape index (κ3) is 1.72. The van der Waals surface area contributed by atoms with Gasteiger partial charge in [0.05, 0.1) is 10.0 Å². The molecule has 72 valence electrons. The number of aromatic nitrogens is 2. The Morgan fingerprint density at radius 3 is 2.64 bits per heavy atom. The second-order valence-electron chi connectivity index (χ2n) is 2.46. The van der Waals surface area contributed by atoms with E-state index in [2.05, 4.69) is 42.1 Å². The van der Waals surface area contributed by atoms with Crippen molar-refractivity contribution >= 4 is 31.9 Å². The Morgan fingerprint density at radius 2 is 2.00 bits per heavy atom. The van der Waals surface area contributed by atoms with Gasteiger partial charge in [0.25, 0.3) is 4.80 Å². The lowest BCUT2D eigenvalue weighted by molar-refractivity contribution is 0.538. The maximum atomic E-state index is 13.1. The minimum atomic E-state index is -0.364. The molecule has 0 N–H and O–H groups in total. The van der Waals surface area contributed by atoms with Gasteiger partial charge in [-0.25, -0.2) is 4.39 Å². The highest BCUT2D eigenvalue weighted by Crippen LogP contribution is 2.29. The summed E-state index contributed by atoms with van der Waals surface area (Å²) < 4.78 is 18.5. The van der Waals surface area contributed by atoms with Crippen molar-refractivity contribution in [2.45, 2.75) is 0 Å². The minimum Gasteiger partial charge on any atom is -0.411 e. The first-order valence-electron chi connectivity index (χ1n) is 3.62. The SMILES string of the molecule is Fc1cccc(-c2nnc(Br)o2)c1Br. The third-order valence-corrected chi connectivity index (χ3v) is 2.71. The van der Waals surface area contributed by atoms with Crippen LogP contribution < -0.4 is 0 Å². The number of halogens is 3. The molecule has 0 amide bonds. The molecular weight excluding hydrogens is 319 g/mol. The van der Waals surface area contributed by atoms with E-state index in [1.54, 1.807) is 12.1 Å². The van der Waals surface area contributed by atoms with Gasteiger partial charge in [-0.2, -0.15) is 0 Å². The van der Waals surface area contributed by atoms with Crippen LogP contribution in [0.5, 0.6) is 0 Å². The largest absolute Gasteiger partial charge is 0.411 e. The maximum Gasteiger partial charge on any atom is 0.285 e. The summed E-state index contributed by atoms with van der Waals surface area (Å²) >= 11 is 6.13. The van der Waals surface area contributed by atoms with Crippen LogP contribution in [0.2, 0.25) is 0 Å². The standard InChI is InChI=1S/C8H3Br2FN2O/c9-6-4(2-1-3-5(6)11)7-12-13-8(10)14-7/h1-3H. The summed E-state index contributed by atoms with van der Waals surface area (Å²) in [6, 6.07) is 4.61. The predicted octanol–water partition coefficient (Wildman–Crippen LogP) is 3.40. The van der Waals surface area contributed by atoms with Gasteiger partial charge >= 0.3 is 0 Å². The fraction of sp³-hybridized carbons (Fsp3) is 0. The molecule has 1 aromatic heterocycles. The Morgan fingerprint density at radius 1 is 1.21 bits per heavy atom. The number of nitrogens with zero attached hydrogens (tertiary/aromatic N) is 2. The van der Waals surface area contributed by atoms with Crippen molar-refractivity contribution in [3.05, 3.63) is 33.3 Å². The molecule has 3 nitrogen and oxygen atoms in total. The van der Waals surface area contributed by atoms with E-state index in [-0.39, 0.29) is 16.5 Å². The first-order chi connectivity index (χ1) is 6.68. The Kier molecular flexibility index (Phi) is 2.64. The Balaban J connectivity index is 2.57. The smallest absolute Gasteiger partial charge is 0.285 e. The van der Waals surface area contributed by atoms with Crippen molar-refractivity contribution in [2.24, 2.45) is 0 Å². The summed E-state index contributed by atoms with van der Waals surface area (Å²) in [4.78, 5) is 0.267. The van der Waals surface area contributed by atoms with Crippen molar-refractivity contribution in [3.63, 3.8) is 0 Å². The van der Waals surface area contributed by atoms with E-state index in [0.29, 0.717) is 10.0 Å². The van der Waals surface area contributed by atoms with Crippen LogP contribution in [0.15, 0.2) is 31.9 Å². The quantitative estimate of drug-likeness (QED) is 0.808. The minimum absolute atomic E-state index is 0.267. The zero-order valence-electron chi connectivity index (χ0n) is 6.67. The second-order valence-corrected chi connectivity index (χ2v) is 3.93. The summed E-state index contributed by atoms with van der Waals surface area (Å²) in [6.45, 7) is 0. The van der Waals surface area contributed by atoms with E-state index in [4.69, 9.17) is 4.42 Å². The zero-order chi connectivity index (χ0) is 10.1. The molecule has 6 heteroatoms. The number of hydrogen-bond donors (Lipinski definition) is 0. The van der Waals surface area contributed by atoms with Gasteiger partial charge in [0.1, 0.15) is 5.82 Å². The molecule has 0 bridgehead atoms. The summed E-state index contributed by atoms with van der Waals surface area (Å²) in [5.41, 5.74) is 0.531. The molecule has 0 spiro atoms. The summed E-state index contributed by atoms with van der Waals surface area (Å²) in [6.07, 6.45) is 0. The maximum absolute atomic E-state index is 13.1. The topological polar surface area (TPSA) is 38.9 Å². The van der Waals surface area contributed by atoms with Gasteiger partial charge in [0.15, 0.2) is 0 Å². The first kappa shape index (κ1) is 9.79. The van der Waals surface area contributed by atoms with Gasteiger partial charge in [-0.15, -0.1) is 10.2 Å². The zero-order valence-corrected chi connectivity index (χ0v) is 9.84. The van der Waals surface area contributed by atoms with Gasteiger partial charge in [-0.05, 0) is 28.1 Å². The van der Waals surface area contributed by atoms with Crippen LogP contribution in [0, 0.1) is 5.82 Å². The highest BCUT2D eigenvalue weighted by atomic mass is 79.9. The van der Waals surface area contributed by atoms with Crippen molar-refractivity contribution in [1.29, 1.82) is 0 Å². The molecule has 2 rings (SSSR count). The molecule has 1 heterocycles. The van der Waals surface area contributed by atoms with Gasteiger partial charge < -0.3 is 4.42 Å². The van der Waals surface area contributed by atoms with Crippen molar-refractivity contribution in [3.8, 4) is 11.5 Å². The first-order valence-corrected chi connectivity index (χ1v) is 5.20. The fourth-order valence-electron chi connectivity index (χ4n) is 0.983. The van der Waals surface area contributed by atoms with Gasteiger partial charge in [0, 0.05) is 15.9 Å². The van der Waals surface area contributed by atoms with Crippen molar-refractivity contribution in [2.75, 3.05) is 0 Å². The summed E-state index contributed by atoms with van der Waals surface area (Å²) in [5.74, 6) is -0.0972. The predicted molar refractivity (Wildman–Crippen MR) is 55.1 cm³/mol. The molecule has 0 aliphatic heterocycles. The third-order valence-electron chi connectivity index (χ3n) is 1.58. The molecule has 0 fully saturated rings. The lowest BCUT2D eigenvalue weighted by Crippen LogP contribution is -1.83. The monoisotopic (exact) mass is 320 g/mol. The van der Waals surface area contributed by atoms with Crippen molar-refractivity contribution < 1.29 is 8.81 Å². The molecular formula is C8H3Br2FN2O. The summed E-state index contributed by atoms with van der Waals surface area (Å²) in [5, 5.41) is 7.35. The molecule has 0 aliphatic carbocycles. The highest BCUT2D eigenvalue weighted by Gasteiger charge is 2.12. The van der Waals surface area contributed by atoms with E-state index in [9.17, 15) is 4.39 Å². The van der Waals surface area contributed by atoms with Crippen LogP contribution >= 0.6 is 31.9 Å². The molecule has 0 saturated heterocycles. The van der Waals surface area contributed by atoms with Crippen LogP contribution in [-0.2, 0) is 0 Å². The van der Waals surface area contributed by atoms with E-state index >= 15 is 0 Å². The van der Waals surface area contributed by atoms with Crippen LogP contribution in [-0.4, -0.2) is 10.2 Å². The van der Waals surface area contributed by atoms with E-state index < -0.39 is 0 Å². The number of rotatable bonds is 1. The Hall–Kier alpha value is -0.750. The van der Waals surface area contributed by atoms with Crippen LogP contribution in [0.4, 0.5) is 4.39 Å². The number of hydrogen-bond acceptors (Lipinski definition) is 3. The van der Waals surface area contributed by atoms with Gasteiger partial charge in [-0.1, -0.05) is 6.07 Å². The molecule has 14 heavy (non-hydrogen) atoms. The van der Waals surface area contributed by atoms with Crippen LogP contribution in [0.3, 0.4) is 0 Å². The molecule has 1 aromatic carbocycles. The lowest BCUT2D eigenvalue weighted by Gasteiger charge is -1.98.